The predicted molar refractivity (Wildman–Crippen MR) is 71.5 cm³/mol. The molecule has 0 amide bonds. The molecule has 0 aliphatic carbocycles. The Kier molecular flexibility index (Phi) is 3.91. The number of carbonyl (C=O) groups is 1. The van der Waals surface area contributed by atoms with Crippen molar-refractivity contribution >= 4 is 5.78 Å². The number of hydrogen-bond donors (Lipinski definition) is 1. The Balaban J connectivity index is 1.88. The lowest BCUT2D eigenvalue weighted by Gasteiger charge is -2.39. The molecule has 2 atom stereocenters. The first-order chi connectivity index (χ1) is 10.1. The van der Waals surface area contributed by atoms with Gasteiger partial charge >= 0.3 is 0 Å². The molecule has 1 aromatic carbocycles. The molecule has 1 aromatic rings. The van der Waals surface area contributed by atoms with Crippen molar-refractivity contribution in [3.8, 4) is 5.75 Å². The number of ether oxygens (including phenoxy) is 2. The number of benzene rings is 1. The van der Waals surface area contributed by atoms with Crippen LogP contribution in [0.3, 0.4) is 0 Å². The number of nitrogens with one attached hydrogen (secondary N) is 1. The van der Waals surface area contributed by atoms with Gasteiger partial charge in [0, 0.05) is 24.1 Å². The number of piperidine rings is 1. The summed E-state index contributed by atoms with van der Waals surface area (Å²) in [4.78, 5) is 12.6. The zero-order valence-electron chi connectivity index (χ0n) is 11.7. The Morgan fingerprint density at radius 2 is 1.95 bits per heavy atom. The summed E-state index contributed by atoms with van der Waals surface area (Å²) in [5.74, 6) is -2.32. The van der Waals surface area contributed by atoms with E-state index in [4.69, 9.17) is 9.47 Å². The summed E-state index contributed by atoms with van der Waals surface area (Å²) >= 11 is 0. The Morgan fingerprint density at radius 1 is 1.29 bits per heavy atom. The summed E-state index contributed by atoms with van der Waals surface area (Å²) in [6.45, 7) is 1.13. The minimum atomic E-state index is -0.849. The Hall–Kier alpha value is -1.53. The van der Waals surface area contributed by atoms with Crippen LogP contribution < -0.4 is 10.1 Å². The van der Waals surface area contributed by atoms with Crippen LogP contribution in [0.2, 0.25) is 0 Å². The minimum absolute atomic E-state index is 0.0131. The second kappa shape index (κ2) is 5.69. The van der Waals surface area contributed by atoms with E-state index in [1.807, 2.05) is 0 Å². The molecule has 1 N–H and O–H groups in total. The molecular weight excluding hydrogens is 280 g/mol. The van der Waals surface area contributed by atoms with E-state index in [1.165, 1.54) is 7.11 Å². The van der Waals surface area contributed by atoms with E-state index in [-0.39, 0.29) is 35.1 Å². The third-order valence-electron chi connectivity index (χ3n) is 4.10. The number of rotatable bonds is 3. The van der Waals surface area contributed by atoms with Crippen LogP contribution >= 0.6 is 0 Å². The van der Waals surface area contributed by atoms with Crippen LogP contribution in [-0.4, -0.2) is 38.2 Å². The quantitative estimate of drug-likeness (QED) is 0.866. The van der Waals surface area contributed by atoms with E-state index in [0.29, 0.717) is 26.1 Å². The highest BCUT2D eigenvalue weighted by atomic mass is 19.1. The van der Waals surface area contributed by atoms with Gasteiger partial charge in [-0.15, -0.1) is 0 Å². The molecule has 114 valence electrons. The van der Waals surface area contributed by atoms with Crippen molar-refractivity contribution in [3.05, 3.63) is 29.3 Å². The fourth-order valence-corrected chi connectivity index (χ4v) is 3.22. The summed E-state index contributed by atoms with van der Waals surface area (Å²) in [5, 5.41) is 3.38. The lowest BCUT2D eigenvalue weighted by atomic mass is 9.82. The van der Waals surface area contributed by atoms with Crippen molar-refractivity contribution in [1.29, 1.82) is 0 Å². The van der Waals surface area contributed by atoms with Gasteiger partial charge in [0.2, 0.25) is 0 Å². The average Bonchev–Trinajstić information content (AvgIpc) is 2.45. The molecular formula is C15H17F2NO3. The van der Waals surface area contributed by atoms with Gasteiger partial charge < -0.3 is 14.8 Å². The zero-order valence-corrected chi connectivity index (χ0v) is 11.7. The maximum atomic E-state index is 13.7. The molecule has 0 aromatic heterocycles. The van der Waals surface area contributed by atoms with Crippen molar-refractivity contribution in [1.82, 2.24) is 5.32 Å². The largest absolute Gasteiger partial charge is 0.493 e. The first kappa shape index (κ1) is 14.4. The van der Waals surface area contributed by atoms with Crippen LogP contribution in [0, 0.1) is 17.6 Å². The van der Waals surface area contributed by atoms with Crippen molar-refractivity contribution < 1.29 is 23.0 Å². The minimum Gasteiger partial charge on any atom is -0.493 e. The number of Topliss-reactive ketones (excluding diaryl/α,β-unsaturated/α-hetero) is 1. The molecule has 2 aliphatic rings. The van der Waals surface area contributed by atoms with Crippen molar-refractivity contribution in [2.24, 2.45) is 5.92 Å². The monoisotopic (exact) mass is 297 g/mol. The van der Waals surface area contributed by atoms with Gasteiger partial charge in [-0.2, -0.15) is 0 Å². The van der Waals surface area contributed by atoms with Crippen molar-refractivity contribution in [2.45, 2.75) is 24.9 Å². The molecule has 3 rings (SSSR count). The summed E-state index contributed by atoms with van der Waals surface area (Å²) in [5.41, 5.74) is -0.0131. The van der Waals surface area contributed by atoms with Gasteiger partial charge in [-0.1, -0.05) is 0 Å². The van der Waals surface area contributed by atoms with Crippen LogP contribution in [0.5, 0.6) is 5.75 Å². The number of hydrogen-bond acceptors (Lipinski definition) is 4. The van der Waals surface area contributed by atoms with E-state index >= 15 is 0 Å². The Labute approximate surface area is 121 Å². The highest BCUT2D eigenvalue weighted by Gasteiger charge is 2.36. The topological polar surface area (TPSA) is 47.6 Å². The predicted octanol–water partition coefficient (Wildman–Crippen LogP) is 1.92. The Bertz CT molecular complexity index is 552. The molecule has 0 spiro atoms. The normalized spacial score (nSPS) is 28.2. The van der Waals surface area contributed by atoms with Gasteiger partial charge in [-0.3, -0.25) is 4.79 Å². The second-order valence-electron chi connectivity index (χ2n) is 5.60. The summed E-state index contributed by atoms with van der Waals surface area (Å²) in [7, 11) is 1.28. The highest BCUT2D eigenvalue weighted by molar-refractivity contribution is 6.00. The van der Waals surface area contributed by atoms with Gasteiger partial charge in [-0.25, -0.2) is 8.78 Å². The third-order valence-corrected chi connectivity index (χ3v) is 4.10. The Morgan fingerprint density at radius 3 is 2.57 bits per heavy atom. The van der Waals surface area contributed by atoms with E-state index in [0.717, 1.165) is 12.1 Å². The lowest BCUT2D eigenvalue weighted by molar-refractivity contribution is 0.00946. The summed E-state index contributed by atoms with van der Waals surface area (Å²) in [6, 6.07) is 2.02. The summed E-state index contributed by atoms with van der Waals surface area (Å²) < 4.78 is 37.5. The molecule has 2 unspecified atom stereocenters. The van der Waals surface area contributed by atoms with Crippen LogP contribution in [0.15, 0.2) is 12.1 Å². The number of halogens is 2. The van der Waals surface area contributed by atoms with E-state index < -0.39 is 11.6 Å². The maximum absolute atomic E-state index is 13.7. The van der Waals surface area contributed by atoms with E-state index in [2.05, 4.69) is 5.32 Å². The SMILES string of the molecule is COc1c(F)cc(F)cc1C(=O)C1CC2COCC(C1)N2. The highest BCUT2D eigenvalue weighted by Crippen LogP contribution is 2.32. The molecule has 0 saturated carbocycles. The second-order valence-corrected chi connectivity index (χ2v) is 5.60. The molecule has 6 heteroatoms. The summed E-state index contributed by atoms with van der Waals surface area (Å²) in [6.07, 6.45) is 1.22. The van der Waals surface area contributed by atoms with Crippen LogP contribution in [0.25, 0.3) is 0 Å². The van der Waals surface area contributed by atoms with Gasteiger partial charge in [0.05, 0.1) is 25.9 Å². The molecule has 2 aliphatic heterocycles. The first-order valence-corrected chi connectivity index (χ1v) is 6.99. The average molecular weight is 297 g/mol. The number of carbonyl (C=O) groups excluding carboxylic acids is 1. The molecule has 4 nitrogen and oxygen atoms in total. The van der Waals surface area contributed by atoms with Crippen LogP contribution in [-0.2, 0) is 4.74 Å². The standard InChI is InChI=1S/C15H17F2NO3/c1-20-15-12(4-9(16)5-13(15)17)14(19)8-2-10-6-21-7-11(3-8)18-10/h4-5,8,10-11,18H,2-3,6-7H2,1H3. The number of morpholine rings is 1. The number of methoxy groups -OCH3 is 1. The van der Waals surface area contributed by atoms with E-state index in [1.54, 1.807) is 0 Å². The first-order valence-electron chi connectivity index (χ1n) is 6.99. The van der Waals surface area contributed by atoms with Gasteiger partial charge in [0.1, 0.15) is 5.82 Å². The molecule has 21 heavy (non-hydrogen) atoms. The van der Waals surface area contributed by atoms with Crippen molar-refractivity contribution in [3.63, 3.8) is 0 Å². The smallest absolute Gasteiger partial charge is 0.170 e. The molecule has 2 saturated heterocycles. The molecule has 0 radical (unpaired) electrons. The van der Waals surface area contributed by atoms with E-state index in [9.17, 15) is 13.6 Å². The number of ketones is 1. The molecule has 2 bridgehead atoms. The lowest BCUT2D eigenvalue weighted by Crippen LogP contribution is -2.55. The van der Waals surface area contributed by atoms with Gasteiger partial charge in [-0.05, 0) is 18.9 Å². The maximum Gasteiger partial charge on any atom is 0.170 e. The van der Waals surface area contributed by atoms with Gasteiger partial charge in [0.25, 0.3) is 0 Å². The molecule has 2 fully saturated rings. The van der Waals surface area contributed by atoms with Crippen LogP contribution in [0.4, 0.5) is 8.78 Å². The molecule has 2 heterocycles. The van der Waals surface area contributed by atoms with Crippen molar-refractivity contribution in [2.75, 3.05) is 20.3 Å². The number of fused-ring (bicyclic) bond motifs is 2. The zero-order chi connectivity index (χ0) is 15.0. The fraction of sp³-hybridized carbons (Fsp3) is 0.533. The fourth-order valence-electron chi connectivity index (χ4n) is 3.22. The third kappa shape index (κ3) is 2.78. The van der Waals surface area contributed by atoms with Crippen LogP contribution in [0.1, 0.15) is 23.2 Å². The van der Waals surface area contributed by atoms with Gasteiger partial charge in [0.15, 0.2) is 17.3 Å².